The van der Waals surface area contributed by atoms with E-state index in [1.807, 2.05) is 25.3 Å². The maximum absolute atomic E-state index is 14.0. The first-order valence-corrected chi connectivity index (χ1v) is 11.8. The molecule has 1 unspecified atom stereocenters. The molecule has 2 aromatic heterocycles. The van der Waals surface area contributed by atoms with Gasteiger partial charge in [-0.15, -0.1) is 0 Å². The van der Waals surface area contributed by atoms with Crippen LogP contribution in [0.1, 0.15) is 58.9 Å². The fraction of sp³-hybridized carbons (Fsp3) is 0.462. The summed E-state index contributed by atoms with van der Waals surface area (Å²) >= 11 is 0. The molecular weight excluding hydrogens is 454 g/mol. The van der Waals surface area contributed by atoms with E-state index in [1.54, 1.807) is 20.2 Å². The Kier molecular flexibility index (Phi) is 5.70. The number of aromatic carboxylic acids is 1. The highest BCUT2D eigenvalue weighted by molar-refractivity contribution is 5.88. The lowest BCUT2D eigenvalue weighted by molar-refractivity contribution is -0.186. The lowest BCUT2D eigenvalue weighted by Crippen LogP contribution is -2.53. The van der Waals surface area contributed by atoms with E-state index in [1.165, 1.54) is 6.07 Å². The topological polar surface area (TPSA) is 90.5 Å². The molecule has 1 atom stereocenters. The summed E-state index contributed by atoms with van der Waals surface area (Å²) < 4.78 is 33.7. The summed E-state index contributed by atoms with van der Waals surface area (Å²) in [6.07, 6.45) is 2.97. The molecule has 1 aliphatic heterocycles. The number of hydrogen-bond acceptors (Lipinski definition) is 5. The number of aromatic amines is 1. The maximum atomic E-state index is 14.0. The number of pyridine rings is 1. The van der Waals surface area contributed by atoms with E-state index >= 15 is 0 Å². The van der Waals surface area contributed by atoms with Crippen LogP contribution in [0.4, 0.5) is 14.6 Å². The van der Waals surface area contributed by atoms with E-state index in [4.69, 9.17) is 4.74 Å². The number of aromatic nitrogens is 2. The smallest absolute Gasteiger partial charge is 0.354 e. The second-order valence-electron chi connectivity index (χ2n) is 9.98. The maximum Gasteiger partial charge on any atom is 0.354 e. The van der Waals surface area contributed by atoms with Crippen LogP contribution in [-0.2, 0) is 6.54 Å². The average molecular weight is 485 g/mol. The van der Waals surface area contributed by atoms with Gasteiger partial charge in [-0.05, 0) is 55.5 Å². The lowest BCUT2D eigenvalue weighted by Gasteiger charge is -2.54. The van der Waals surface area contributed by atoms with Crippen molar-refractivity contribution in [1.29, 1.82) is 0 Å². The molecule has 5 rings (SSSR count). The number of benzene rings is 1. The van der Waals surface area contributed by atoms with Crippen molar-refractivity contribution in [3.8, 4) is 5.75 Å². The van der Waals surface area contributed by atoms with Gasteiger partial charge in [0.1, 0.15) is 11.6 Å². The largest absolute Gasteiger partial charge is 0.496 e. The zero-order valence-electron chi connectivity index (χ0n) is 20.1. The summed E-state index contributed by atoms with van der Waals surface area (Å²) in [7, 11) is 3.35. The molecule has 1 saturated heterocycles. The number of nitrogens with zero attached hydrogens (tertiary/aromatic N) is 2. The van der Waals surface area contributed by atoms with Gasteiger partial charge in [0.05, 0.1) is 7.11 Å². The zero-order chi connectivity index (χ0) is 25.0. The van der Waals surface area contributed by atoms with Crippen molar-refractivity contribution in [3.05, 3.63) is 52.8 Å². The fourth-order valence-corrected chi connectivity index (χ4v) is 6.08. The summed E-state index contributed by atoms with van der Waals surface area (Å²) in [6, 6.07) is 7.12. The molecule has 3 aromatic rings. The molecule has 2 aliphatic rings. The van der Waals surface area contributed by atoms with Crippen LogP contribution in [0.25, 0.3) is 10.9 Å². The number of aryl methyl sites for hydroxylation is 1. The van der Waals surface area contributed by atoms with Gasteiger partial charge in [0, 0.05) is 60.7 Å². The minimum atomic E-state index is -2.61. The molecule has 7 nitrogen and oxygen atoms in total. The number of alkyl halides is 2. The number of rotatable bonds is 6. The normalized spacial score (nSPS) is 21.1. The van der Waals surface area contributed by atoms with Gasteiger partial charge in [-0.25, -0.2) is 18.6 Å². The van der Waals surface area contributed by atoms with Crippen LogP contribution in [0.2, 0.25) is 0 Å². The van der Waals surface area contributed by atoms with E-state index in [9.17, 15) is 18.7 Å². The Morgan fingerprint density at radius 3 is 2.77 bits per heavy atom. The van der Waals surface area contributed by atoms with Crippen LogP contribution in [-0.4, -0.2) is 52.6 Å². The number of ether oxygens (including phenoxy) is 1. The highest BCUT2D eigenvalue weighted by Crippen LogP contribution is 2.61. The number of piperidine rings is 1. The molecule has 3 heterocycles. The van der Waals surface area contributed by atoms with E-state index in [2.05, 4.69) is 20.2 Å². The Balaban J connectivity index is 1.56. The van der Waals surface area contributed by atoms with E-state index < -0.39 is 17.3 Å². The van der Waals surface area contributed by atoms with Gasteiger partial charge in [-0.3, -0.25) is 4.90 Å². The van der Waals surface area contributed by atoms with Gasteiger partial charge < -0.3 is 20.1 Å². The number of nitrogens with one attached hydrogen (secondary N) is 2. The SMILES string of the molecule is CNc1nc(C(=O)O)ccc1C1CC2(CCN1Cc1c(OC)cc(C)c3[nH]ccc13)CC(F)(F)C2. The number of carbonyl (C=O) groups is 1. The molecule has 1 spiro atoms. The minimum absolute atomic E-state index is 0.0559. The first kappa shape index (κ1) is 23.5. The van der Waals surface area contributed by atoms with Crippen molar-refractivity contribution < 1.29 is 23.4 Å². The molecule has 35 heavy (non-hydrogen) atoms. The fourth-order valence-electron chi connectivity index (χ4n) is 6.08. The van der Waals surface area contributed by atoms with Crippen LogP contribution in [0.3, 0.4) is 0 Å². The van der Waals surface area contributed by atoms with Crippen molar-refractivity contribution in [2.24, 2.45) is 5.41 Å². The summed E-state index contributed by atoms with van der Waals surface area (Å²) in [5, 5.41) is 13.5. The number of methoxy groups -OCH3 is 1. The molecule has 3 N–H and O–H groups in total. The van der Waals surface area contributed by atoms with Crippen molar-refractivity contribution in [2.75, 3.05) is 26.0 Å². The van der Waals surface area contributed by atoms with Crippen molar-refractivity contribution in [3.63, 3.8) is 0 Å². The first-order chi connectivity index (χ1) is 16.6. The van der Waals surface area contributed by atoms with Gasteiger partial charge in [0.15, 0.2) is 5.69 Å². The average Bonchev–Trinajstić information content (AvgIpc) is 3.30. The summed E-state index contributed by atoms with van der Waals surface area (Å²) in [6.45, 7) is 3.25. The Morgan fingerprint density at radius 2 is 2.11 bits per heavy atom. The Hall–Kier alpha value is -3.20. The van der Waals surface area contributed by atoms with E-state index in [0.29, 0.717) is 31.7 Å². The monoisotopic (exact) mass is 484 g/mol. The van der Waals surface area contributed by atoms with Crippen LogP contribution < -0.4 is 10.1 Å². The molecule has 0 amide bonds. The van der Waals surface area contributed by atoms with Crippen molar-refractivity contribution in [1.82, 2.24) is 14.9 Å². The Bertz CT molecular complexity index is 1280. The number of hydrogen-bond donors (Lipinski definition) is 3. The third kappa shape index (κ3) is 4.11. The summed E-state index contributed by atoms with van der Waals surface area (Å²) in [5.74, 6) is -2.47. The van der Waals surface area contributed by atoms with Crippen LogP contribution in [0.5, 0.6) is 5.75 Å². The highest BCUT2D eigenvalue weighted by Gasteiger charge is 2.58. The second-order valence-corrected chi connectivity index (χ2v) is 9.98. The molecule has 1 saturated carbocycles. The number of fused-ring (bicyclic) bond motifs is 1. The number of anilines is 1. The van der Waals surface area contributed by atoms with Gasteiger partial charge >= 0.3 is 5.97 Å². The molecule has 9 heteroatoms. The third-order valence-electron chi connectivity index (χ3n) is 7.70. The molecule has 2 fully saturated rings. The van der Waals surface area contributed by atoms with Gasteiger partial charge in [-0.2, -0.15) is 0 Å². The van der Waals surface area contributed by atoms with E-state index in [-0.39, 0.29) is 24.6 Å². The number of carboxylic acids is 1. The predicted molar refractivity (Wildman–Crippen MR) is 129 cm³/mol. The number of H-pyrrole nitrogens is 1. The molecule has 1 aromatic carbocycles. The predicted octanol–water partition coefficient (Wildman–Crippen LogP) is 5.37. The first-order valence-electron chi connectivity index (χ1n) is 11.8. The highest BCUT2D eigenvalue weighted by atomic mass is 19.3. The molecule has 0 radical (unpaired) electrons. The molecule has 186 valence electrons. The Morgan fingerprint density at radius 1 is 1.34 bits per heavy atom. The van der Waals surface area contributed by atoms with Gasteiger partial charge in [0.25, 0.3) is 0 Å². The number of likely N-dealkylation sites (tertiary alicyclic amines) is 1. The standard InChI is InChI=1S/C26H30F2N4O3/c1-15-10-21(35-3)18(16-6-8-30-22(15)16)12-32-9-7-25(13-26(27,28)14-25)11-20(32)17-4-5-19(24(33)34)31-23(17)29-2/h4-6,8,10,20,30H,7,9,11-14H2,1-3H3,(H,29,31)(H,33,34). The second kappa shape index (κ2) is 8.48. The van der Waals surface area contributed by atoms with Crippen LogP contribution >= 0.6 is 0 Å². The Labute approximate surface area is 202 Å². The van der Waals surface area contributed by atoms with Crippen LogP contribution in [0.15, 0.2) is 30.5 Å². The lowest BCUT2D eigenvalue weighted by atomic mass is 9.59. The van der Waals surface area contributed by atoms with Crippen LogP contribution in [0, 0.1) is 12.3 Å². The minimum Gasteiger partial charge on any atom is -0.496 e. The number of halogens is 2. The third-order valence-corrected chi connectivity index (χ3v) is 7.70. The summed E-state index contributed by atoms with van der Waals surface area (Å²) in [4.78, 5) is 21.4. The van der Waals surface area contributed by atoms with E-state index in [0.717, 1.165) is 33.3 Å². The molecular formula is C26H30F2N4O3. The van der Waals surface area contributed by atoms with Gasteiger partial charge in [-0.1, -0.05) is 6.07 Å². The molecule has 1 aliphatic carbocycles. The van der Waals surface area contributed by atoms with Gasteiger partial charge in [0.2, 0.25) is 5.92 Å². The zero-order valence-corrected chi connectivity index (χ0v) is 20.1. The summed E-state index contributed by atoms with van der Waals surface area (Å²) in [5.41, 5.74) is 3.52. The van der Waals surface area contributed by atoms with Crippen molar-refractivity contribution >= 4 is 22.7 Å². The van der Waals surface area contributed by atoms with Crippen molar-refractivity contribution in [2.45, 2.75) is 51.1 Å². The quantitative estimate of drug-likeness (QED) is 0.436. The number of carboxylic acid groups (broad SMARTS) is 1. The molecule has 0 bridgehead atoms.